The molecule has 0 bridgehead atoms. The zero-order valence-corrected chi connectivity index (χ0v) is 13.6. The first-order valence-electron chi connectivity index (χ1n) is 7.00. The van der Waals surface area contributed by atoms with E-state index in [9.17, 15) is 0 Å². The number of benzene rings is 1. The van der Waals surface area contributed by atoms with Gasteiger partial charge in [-0.2, -0.15) is 0 Å². The number of anilines is 1. The van der Waals surface area contributed by atoms with Crippen molar-refractivity contribution in [3.8, 4) is 11.3 Å². The Hall–Kier alpha value is -1.66. The lowest BCUT2D eigenvalue weighted by molar-refractivity contribution is 0.382. The molecule has 6 heteroatoms. The van der Waals surface area contributed by atoms with E-state index in [2.05, 4.69) is 32.6 Å². The first-order chi connectivity index (χ1) is 10.3. The number of thiocarbonyl (C=S) groups is 1. The van der Waals surface area contributed by atoms with Crippen LogP contribution in [0.3, 0.4) is 0 Å². The van der Waals surface area contributed by atoms with Crippen molar-refractivity contribution in [1.82, 2.24) is 15.2 Å². The molecule has 3 rings (SSSR count). The summed E-state index contributed by atoms with van der Waals surface area (Å²) in [6.07, 6.45) is 0. The minimum Gasteiger partial charge on any atom is -0.366 e. The van der Waals surface area contributed by atoms with Gasteiger partial charge >= 0.3 is 0 Å². The molecule has 1 fully saturated rings. The summed E-state index contributed by atoms with van der Waals surface area (Å²) in [6, 6.07) is 10.3. The van der Waals surface area contributed by atoms with Gasteiger partial charge in [0.2, 0.25) is 0 Å². The van der Waals surface area contributed by atoms with Crippen LogP contribution in [0.2, 0.25) is 0 Å². The summed E-state index contributed by atoms with van der Waals surface area (Å²) in [5.41, 5.74) is 2.23. The summed E-state index contributed by atoms with van der Waals surface area (Å²) in [4.78, 5) is 9.32. The molecule has 1 aliphatic rings. The average molecular weight is 318 g/mol. The second-order valence-electron chi connectivity index (χ2n) is 4.91. The molecule has 2 aromatic rings. The summed E-state index contributed by atoms with van der Waals surface area (Å²) in [6.45, 7) is 3.81. The topological polar surface area (TPSA) is 31.4 Å². The molecule has 1 aromatic carbocycles. The molecule has 1 N–H and O–H groups in total. The molecule has 0 atom stereocenters. The number of aromatic nitrogens is 1. The molecule has 4 nitrogen and oxygen atoms in total. The van der Waals surface area contributed by atoms with Crippen LogP contribution in [-0.2, 0) is 0 Å². The number of piperazine rings is 1. The van der Waals surface area contributed by atoms with Crippen LogP contribution in [0.1, 0.15) is 0 Å². The third-order valence-electron chi connectivity index (χ3n) is 3.61. The van der Waals surface area contributed by atoms with Crippen molar-refractivity contribution in [3.63, 3.8) is 0 Å². The molecule has 0 amide bonds. The van der Waals surface area contributed by atoms with Gasteiger partial charge in [0, 0.05) is 44.2 Å². The fourth-order valence-electron chi connectivity index (χ4n) is 2.41. The lowest BCUT2D eigenvalue weighted by Crippen LogP contribution is -2.51. The molecule has 1 saturated heterocycles. The first kappa shape index (κ1) is 14.3. The molecule has 0 radical (unpaired) electrons. The standard InChI is InChI=1S/C15H18N4S2/c1-16-14(20)18-7-9-19(10-8-18)15-17-13(11-21-15)12-5-3-2-4-6-12/h2-6,11H,7-10H2,1H3,(H,16,20). The summed E-state index contributed by atoms with van der Waals surface area (Å²) in [7, 11) is 1.88. The van der Waals surface area contributed by atoms with Gasteiger partial charge < -0.3 is 15.1 Å². The number of hydrogen-bond acceptors (Lipinski definition) is 4. The van der Waals surface area contributed by atoms with Crippen molar-refractivity contribution in [3.05, 3.63) is 35.7 Å². The summed E-state index contributed by atoms with van der Waals surface area (Å²) < 4.78 is 0. The zero-order chi connectivity index (χ0) is 14.7. The Morgan fingerprint density at radius 1 is 1.19 bits per heavy atom. The van der Waals surface area contributed by atoms with Crippen LogP contribution in [-0.4, -0.2) is 48.2 Å². The average Bonchev–Trinajstić information content (AvgIpc) is 3.05. The molecule has 21 heavy (non-hydrogen) atoms. The molecule has 110 valence electrons. The van der Waals surface area contributed by atoms with Gasteiger partial charge in [-0.05, 0) is 12.2 Å². The third kappa shape index (κ3) is 3.16. The Kier molecular flexibility index (Phi) is 4.36. The predicted octanol–water partition coefficient (Wildman–Crippen LogP) is 2.44. The van der Waals surface area contributed by atoms with E-state index >= 15 is 0 Å². The Bertz CT molecular complexity index is 603. The lowest BCUT2D eigenvalue weighted by Gasteiger charge is -2.35. The minimum absolute atomic E-state index is 0.832. The quantitative estimate of drug-likeness (QED) is 0.860. The van der Waals surface area contributed by atoms with Crippen LogP contribution in [0.5, 0.6) is 0 Å². The highest BCUT2D eigenvalue weighted by atomic mass is 32.1. The second kappa shape index (κ2) is 6.41. The molecular formula is C15H18N4S2. The van der Waals surface area contributed by atoms with Gasteiger partial charge in [0.15, 0.2) is 10.2 Å². The fraction of sp³-hybridized carbons (Fsp3) is 0.333. The molecule has 0 aliphatic carbocycles. The van der Waals surface area contributed by atoms with Crippen LogP contribution in [0.25, 0.3) is 11.3 Å². The van der Waals surface area contributed by atoms with E-state index in [1.807, 2.05) is 25.2 Å². The molecule has 0 spiro atoms. The monoisotopic (exact) mass is 318 g/mol. The van der Waals surface area contributed by atoms with Crippen LogP contribution in [0.15, 0.2) is 35.7 Å². The van der Waals surface area contributed by atoms with Gasteiger partial charge in [-0.15, -0.1) is 11.3 Å². The zero-order valence-electron chi connectivity index (χ0n) is 12.0. The predicted molar refractivity (Wildman–Crippen MR) is 93.0 cm³/mol. The van der Waals surface area contributed by atoms with Crippen molar-refractivity contribution in [2.75, 3.05) is 38.1 Å². The van der Waals surface area contributed by atoms with Crippen molar-refractivity contribution >= 4 is 33.8 Å². The Morgan fingerprint density at radius 2 is 1.90 bits per heavy atom. The smallest absolute Gasteiger partial charge is 0.185 e. The summed E-state index contributed by atoms with van der Waals surface area (Å²) in [5.74, 6) is 0. The molecule has 0 saturated carbocycles. The number of thiazole rings is 1. The van der Waals surface area contributed by atoms with Crippen molar-refractivity contribution in [2.24, 2.45) is 0 Å². The van der Waals surface area contributed by atoms with Gasteiger partial charge in [0.1, 0.15) is 0 Å². The highest BCUT2D eigenvalue weighted by Crippen LogP contribution is 2.27. The van der Waals surface area contributed by atoms with E-state index in [0.29, 0.717) is 0 Å². The van der Waals surface area contributed by atoms with Crippen LogP contribution >= 0.6 is 23.6 Å². The summed E-state index contributed by atoms with van der Waals surface area (Å²) >= 11 is 7.00. The van der Waals surface area contributed by atoms with E-state index < -0.39 is 0 Å². The van der Waals surface area contributed by atoms with Gasteiger partial charge in [-0.3, -0.25) is 0 Å². The van der Waals surface area contributed by atoms with Crippen molar-refractivity contribution in [2.45, 2.75) is 0 Å². The highest BCUT2D eigenvalue weighted by molar-refractivity contribution is 7.80. The molecule has 1 aliphatic heterocycles. The van der Waals surface area contributed by atoms with Crippen LogP contribution in [0.4, 0.5) is 5.13 Å². The maximum Gasteiger partial charge on any atom is 0.185 e. The van der Waals surface area contributed by atoms with E-state index in [-0.39, 0.29) is 0 Å². The molecule has 1 aromatic heterocycles. The van der Waals surface area contributed by atoms with Crippen LogP contribution in [0, 0.1) is 0 Å². The Balaban J connectivity index is 1.67. The number of rotatable bonds is 2. The Morgan fingerprint density at radius 3 is 2.57 bits per heavy atom. The van der Waals surface area contributed by atoms with E-state index in [4.69, 9.17) is 17.2 Å². The van der Waals surface area contributed by atoms with Gasteiger partial charge in [0.25, 0.3) is 0 Å². The van der Waals surface area contributed by atoms with E-state index in [1.165, 1.54) is 5.56 Å². The number of nitrogens with zero attached hydrogens (tertiary/aromatic N) is 3. The van der Waals surface area contributed by atoms with Gasteiger partial charge in [-0.25, -0.2) is 4.98 Å². The van der Waals surface area contributed by atoms with Crippen LogP contribution < -0.4 is 10.2 Å². The minimum atomic E-state index is 0.832. The Labute approximate surface area is 134 Å². The summed E-state index contributed by atoms with van der Waals surface area (Å²) in [5, 5.41) is 7.11. The SMILES string of the molecule is CNC(=S)N1CCN(c2nc(-c3ccccc3)cs2)CC1. The van der Waals surface area contributed by atoms with Gasteiger partial charge in [0.05, 0.1) is 5.69 Å². The largest absolute Gasteiger partial charge is 0.366 e. The normalized spacial score (nSPS) is 15.1. The number of hydrogen-bond donors (Lipinski definition) is 1. The first-order valence-corrected chi connectivity index (χ1v) is 8.29. The van der Waals surface area contributed by atoms with Crippen molar-refractivity contribution in [1.29, 1.82) is 0 Å². The fourth-order valence-corrected chi connectivity index (χ4v) is 3.48. The third-order valence-corrected chi connectivity index (χ3v) is 4.98. The van der Waals surface area contributed by atoms with E-state index in [0.717, 1.165) is 42.1 Å². The molecule has 0 unspecified atom stereocenters. The maximum absolute atomic E-state index is 5.28. The second-order valence-corrected chi connectivity index (χ2v) is 6.13. The van der Waals surface area contributed by atoms with Gasteiger partial charge in [-0.1, -0.05) is 30.3 Å². The highest BCUT2D eigenvalue weighted by Gasteiger charge is 2.20. The van der Waals surface area contributed by atoms with E-state index in [1.54, 1.807) is 11.3 Å². The maximum atomic E-state index is 5.28. The lowest BCUT2D eigenvalue weighted by atomic mass is 10.2. The molecule has 2 heterocycles. The van der Waals surface area contributed by atoms with Crippen molar-refractivity contribution < 1.29 is 0 Å². The molecular weight excluding hydrogens is 300 g/mol. The number of nitrogens with one attached hydrogen (secondary N) is 1.